The Bertz CT molecular complexity index is 565. The minimum Gasteiger partial charge on any atom is -0.372 e. The summed E-state index contributed by atoms with van der Waals surface area (Å²) in [4.78, 5) is 8.60. The summed E-state index contributed by atoms with van der Waals surface area (Å²) >= 11 is 3.38. The van der Waals surface area contributed by atoms with Crippen molar-refractivity contribution in [2.75, 3.05) is 17.7 Å². The van der Waals surface area contributed by atoms with Gasteiger partial charge >= 0.3 is 0 Å². The van der Waals surface area contributed by atoms with Gasteiger partial charge in [0.25, 0.3) is 0 Å². The summed E-state index contributed by atoms with van der Waals surface area (Å²) in [5, 5.41) is 10.6. The van der Waals surface area contributed by atoms with Gasteiger partial charge in [0.2, 0.25) is 5.95 Å². The number of hydrogen-bond acceptors (Lipinski definition) is 5. The van der Waals surface area contributed by atoms with E-state index in [1.807, 2.05) is 24.9 Å². The first-order chi connectivity index (χ1) is 9.13. The van der Waals surface area contributed by atoms with Crippen molar-refractivity contribution in [3.05, 3.63) is 22.6 Å². The number of halogens is 1. The largest absolute Gasteiger partial charge is 0.372 e. The smallest absolute Gasteiger partial charge is 0.229 e. The molecule has 0 atom stereocenters. The van der Waals surface area contributed by atoms with E-state index < -0.39 is 0 Å². The minimum absolute atomic E-state index is 0.548. The van der Waals surface area contributed by atoms with Crippen molar-refractivity contribution in [2.45, 2.75) is 26.8 Å². The molecule has 19 heavy (non-hydrogen) atoms. The van der Waals surface area contributed by atoms with Gasteiger partial charge in [-0.05, 0) is 29.3 Å². The first kappa shape index (κ1) is 13.8. The Kier molecular flexibility index (Phi) is 4.36. The van der Waals surface area contributed by atoms with E-state index >= 15 is 0 Å². The van der Waals surface area contributed by atoms with Gasteiger partial charge in [0, 0.05) is 26.0 Å². The summed E-state index contributed by atoms with van der Waals surface area (Å²) < 4.78 is 2.76. The Morgan fingerprint density at radius 3 is 2.89 bits per heavy atom. The lowest BCUT2D eigenvalue weighted by atomic mass is 10.4. The first-order valence-electron chi connectivity index (χ1n) is 6.15. The fourth-order valence-electron chi connectivity index (χ4n) is 1.71. The van der Waals surface area contributed by atoms with Crippen molar-refractivity contribution in [2.24, 2.45) is 0 Å². The summed E-state index contributed by atoms with van der Waals surface area (Å²) in [6, 6.07) is 0. The zero-order valence-electron chi connectivity index (χ0n) is 11.2. The fourth-order valence-corrected chi connectivity index (χ4v) is 2.10. The van der Waals surface area contributed by atoms with E-state index in [0.29, 0.717) is 5.95 Å². The van der Waals surface area contributed by atoms with Crippen molar-refractivity contribution in [1.29, 1.82) is 0 Å². The molecule has 2 aromatic rings. The Balaban J connectivity index is 2.20. The maximum Gasteiger partial charge on any atom is 0.229 e. The van der Waals surface area contributed by atoms with Crippen LogP contribution in [0, 0.1) is 6.92 Å². The topological polar surface area (TPSA) is 67.7 Å². The van der Waals surface area contributed by atoms with E-state index in [-0.39, 0.29) is 0 Å². The van der Waals surface area contributed by atoms with Crippen LogP contribution in [0.4, 0.5) is 17.5 Å². The summed E-state index contributed by atoms with van der Waals surface area (Å²) in [7, 11) is 1.82. The third-order valence-corrected chi connectivity index (χ3v) is 3.21. The Morgan fingerprint density at radius 1 is 1.42 bits per heavy atom. The lowest BCUT2D eigenvalue weighted by Crippen LogP contribution is -2.01. The monoisotopic (exact) mass is 324 g/mol. The fraction of sp³-hybridized carbons (Fsp3) is 0.417. The van der Waals surface area contributed by atoms with Crippen molar-refractivity contribution in [3.8, 4) is 0 Å². The number of anilines is 3. The highest BCUT2D eigenvalue weighted by Gasteiger charge is 2.08. The van der Waals surface area contributed by atoms with Crippen molar-refractivity contribution in [3.63, 3.8) is 0 Å². The number of aryl methyl sites for hydroxylation is 2. The van der Waals surface area contributed by atoms with E-state index in [1.165, 1.54) is 0 Å². The third-order valence-electron chi connectivity index (χ3n) is 2.63. The van der Waals surface area contributed by atoms with Crippen LogP contribution in [0.3, 0.4) is 0 Å². The van der Waals surface area contributed by atoms with Crippen molar-refractivity contribution < 1.29 is 0 Å². The first-order valence-corrected chi connectivity index (χ1v) is 6.94. The second kappa shape index (κ2) is 6.01. The van der Waals surface area contributed by atoms with Gasteiger partial charge in [0.1, 0.15) is 5.82 Å². The second-order valence-corrected chi connectivity index (χ2v) is 5.01. The van der Waals surface area contributed by atoms with Gasteiger partial charge in [0.05, 0.1) is 15.9 Å². The molecule has 0 saturated heterocycles. The average molecular weight is 325 g/mol. The zero-order valence-corrected chi connectivity index (χ0v) is 12.8. The van der Waals surface area contributed by atoms with Crippen molar-refractivity contribution >= 4 is 33.4 Å². The van der Waals surface area contributed by atoms with Crippen LogP contribution in [0.1, 0.15) is 19.0 Å². The number of nitrogens with zero attached hydrogens (tertiary/aromatic N) is 4. The van der Waals surface area contributed by atoms with Crippen LogP contribution in [-0.2, 0) is 6.54 Å². The van der Waals surface area contributed by atoms with Crippen LogP contribution in [0.15, 0.2) is 16.9 Å². The molecule has 0 saturated carbocycles. The van der Waals surface area contributed by atoms with Gasteiger partial charge in [-0.15, -0.1) is 0 Å². The summed E-state index contributed by atoms with van der Waals surface area (Å²) in [6.07, 6.45) is 4.75. The van der Waals surface area contributed by atoms with Gasteiger partial charge < -0.3 is 10.6 Å². The summed E-state index contributed by atoms with van der Waals surface area (Å²) in [5.74, 6) is 1.29. The summed E-state index contributed by atoms with van der Waals surface area (Å²) in [5.41, 5.74) is 1.86. The molecule has 0 spiro atoms. The van der Waals surface area contributed by atoms with E-state index in [0.717, 1.165) is 34.6 Å². The van der Waals surface area contributed by atoms with E-state index in [4.69, 9.17) is 0 Å². The van der Waals surface area contributed by atoms with Crippen LogP contribution >= 0.6 is 15.9 Å². The van der Waals surface area contributed by atoms with Crippen LogP contribution in [0.25, 0.3) is 0 Å². The predicted molar refractivity (Wildman–Crippen MR) is 79.8 cm³/mol. The standard InChI is InChI=1S/C12H17BrN6/c1-4-5-19-7-10(8(2)18-19)16-12-15-6-9(13)11(14-3)17-12/h6-7H,4-5H2,1-3H3,(H2,14,15,16,17). The maximum atomic E-state index is 4.43. The van der Waals surface area contributed by atoms with Crippen LogP contribution < -0.4 is 10.6 Å². The molecule has 0 aliphatic carbocycles. The lowest BCUT2D eigenvalue weighted by molar-refractivity contribution is 0.598. The molecule has 2 heterocycles. The van der Waals surface area contributed by atoms with Crippen LogP contribution in [0.2, 0.25) is 0 Å². The molecular weight excluding hydrogens is 308 g/mol. The Morgan fingerprint density at radius 2 is 2.21 bits per heavy atom. The van der Waals surface area contributed by atoms with Gasteiger partial charge in [-0.25, -0.2) is 4.98 Å². The average Bonchev–Trinajstić information content (AvgIpc) is 2.72. The quantitative estimate of drug-likeness (QED) is 0.885. The number of aromatic nitrogens is 4. The molecule has 0 aliphatic heterocycles. The third kappa shape index (κ3) is 3.23. The Labute approximate surface area is 120 Å². The van der Waals surface area contributed by atoms with E-state index in [9.17, 15) is 0 Å². The highest BCUT2D eigenvalue weighted by molar-refractivity contribution is 9.10. The molecule has 102 valence electrons. The zero-order chi connectivity index (χ0) is 13.8. The molecule has 0 unspecified atom stereocenters. The van der Waals surface area contributed by atoms with Gasteiger partial charge in [0.15, 0.2) is 0 Å². The van der Waals surface area contributed by atoms with Gasteiger partial charge in [-0.1, -0.05) is 6.92 Å². The number of nitrogens with one attached hydrogen (secondary N) is 2. The summed E-state index contributed by atoms with van der Waals surface area (Å²) in [6.45, 7) is 5.00. The highest BCUT2D eigenvalue weighted by atomic mass is 79.9. The second-order valence-electron chi connectivity index (χ2n) is 4.16. The van der Waals surface area contributed by atoms with Crippen LogP contribution in [0.5, 0.6) is 0 Å². The molecule has 0 bridgehead atoms. The van der Waals surface area contributed by atoms with E-state index in [2.05, 4.69) is 48.6 Å². The normalized spacial score (nSPS) is 10.5. The lowest BCUT2D eigenvalue weighted by Gasteiger charge is -2.06. The maximum absolute atomic E-state index is 4.43. The Hall–Kier alpha value is -1.63. The van der Waals surface area contributed by atoms with Crippen molar-refractivity contribution in [1.82, 2.24) is 19.7 Å². The molecule has 0 aliphatic rings. The number of rotatable bonds is 5. The molecule has 2 aromatic heterocycles. The van der Waals surface area contributed by atoms with Gasteiger partial charge in [-0.3, -0.25) is 4.68 Å². The molecule has 2 rings (SSSR count). The molecule has 0 aromatic carbocycles. The minimum atomic E-state index is 0.548. The molecule has 6 nitrogen and oxygen atoms in total. The highest BCUT2D eigenvalue weighted by Crippen LogP contribution is 2.22. The van der Waals surface area contributed by atoms with E-state index in [1.54, 1.807) is 6.20 Å². The predicted octanol–water partition coefficient (Wildman–Crippen LogP) is 2.94. The molecule has 0 amide bonds. The molecule has 7 heteroatoms. The van der Waals surface area contributed by atoms with Gasteiger partial charge in [-0.2, -0.15) is 10.1 Å². The SMILES string of the molecule is CCCn1cc(Nc2ncc(Br)c(NC)n2)c(C)n1. The molecule has 2 N–H and O–H groups in total. The molecule has 0 fully saturated rings. The molecular formula is C12H17BrN6. The molecule has 0 radical (unpaired) electrons. The number of hydrogen-bond donors (Lipinski definition) is 2. The van der Waals surface area contributed by atoms with Crippen LogP contribution in [-0.4, -0.2) is 26.8 Å².